The highest BCUT2D eigenvalue weighted by molar-refractivity contribution is 6.02. The molecule has 138 valence electrons. The number of ketones is 1. The monoisotopic (exact) mass is 360 g/mol. The predicted octanol–water partition coefficient (Wildman–Crippen LogP) is 2.95. The highest BCUT2D eigenvalue weighted by Gasteiger charge is 2.33. The van der Waals surface area contributed by atoms with E-state index in [0.717, 1.165) is 0 Å². The fraction of sp³-hybridized carbons (Fsp3) is 0.316. The number of methoxy groups -OCH3 is 2. The van der Waals surface area contributed by atoms with Gasteiger partial charge >= 0.3 is 11.6 Å². The molecule has 0 saturated carbocycles. The van der Waals surface area contributed by atoms with Crippen LogP contribution in [0.3, 0.4) is 0 Å². The molecule has 0 unspecified atom stereocenters. The maximum Gasteiger partial charge on any atom is 0.336 e. The lowest BCUT2D eigenvalue weighted by atomic mass is 9.97. The number of ether oxygens (including phenoxy) is 3. The number of rotatable bonds is 7. The molecule has 2 aromatic rings. The van der Waals surface area contributed by atoms with Crippen molar-refractivity contribution < 1.29 is 28.2 Å². The molecule has 0 amide bonds. The van der Waals surface area contributed by atoms with Gasteiger partial charge in [-0.15, -0.1) is 0 Å². The van der Waals surface area contributed by atoms with Crippen LogP contribution in [0.1, 0.15) is 31.9 Å². The Bertz CT molecular complexity index is 923. The van der Waals surface area contributed by atoms with E-state index in [1.54, 1.807) is 13.0 Å². The van der Waals surface area contributed by atoms with Gasteiger partial charge < -0.3 is 18.6 Å². The van der Waals surface area contributed by atoms with E-state index in [-0.39, 0.29) is 28.9 Å². The summed E-state index contributed by atoms with van der Waals surface area (Å²) < 4.78 is 21.3. The topological polar surface area (TPSA) is 92.0 Å². The average molecular weight is 360 g/mol. The van der Waals surface area contributed by atoms with Crippen LogP contribution in [0.25, 0.3) is 11.0 Å². The van der Waals surface area contributed by atoms with Gasteiger partial charge in [-0.25, -0.2) is 4.79 Å². The summed E-state index contributed by atoms with van der Waals surface area (Å²) >= 11 is 0. The third-order valence-electron chi connectivity index (χ3n) is 3.75. The van der Waals surface area contributed by atoms with Crippen LogP contribution in [0.5, 0.6) is 11.5 Å². The molecule has 1 atom stereocenters. The van der Waals surface area contributed by atoms with E-state index in [0.29, 0.717) is 11.1 Å². The highest BCUT2D eigenvalue weighted by atomic mass is 16.6. The van der Waals surface area contributed by atoms with Gasteiger partial charge in [-0.3, -0.25) is 9.59 Å². The first-order valence-corrected chi connectivity index (χ1v) is 7.91. The number of carbonyl (C=O) groups is 2. The number of Topliss-reactive ketones (excluding diaryl/α,β-unsaturated/α-hetero) is 1. The van der Waals surface area contributed by atoms with Gasteiger partial charge in [-0.05, 0) is 24.6 Å². The second-order valence-electron chi connectivity index (χ2n) is 5.57. The molecule has 7 heteroatoms. The van der Waals surface area contributed by atoms with Crippen LogP contribution in [-0.2, 0) is 14.3 Å². The Kier molecular flexibility index (Phi) is 5.82. The molecule has 0 N–H and O–H groups in total. The van der Waals surface area contributed by atoms with Crippen molar-refractivity contribution in [1.29, 1.82) is 0 Å². The van der Waals surface area contributed by atoms with E-state index in [2.05, 4.69) is 6.58 Å². The number of hydrogen-bond acceptors (Lipinski definition) is 7. The van der Waals surface area contributed by atoms with Gasteiger partial charge in [-0.2, -0.15) is 0 Å². The third-order valence-corrected chi connectivity index (χ3v) is 3.75. The second kappa shape index (κ2) is 7.86. The van der Waals surface area contributed by atoms with Gasteiger partial charge in [0.05, 0.1) is 19.8 Å². The molecule has 0 radical (unpaired) electrons. The molecule has 7 nitrogen and oxygen atoms in total. The van der Waals surface area contributed by atoms with Crippen LogP contribution < -0.4 is 15.1 Å². The minimum atomic E-state index is -1.38. The number of benzene rings is 1. The molecule has 0 aliphatic rings. The van der Waals surface area contributed by atoms with Crippen LogP contribution in [0, 0.1) is 0 Å². The lowest BCUT2D eigenvalue weighted by Gasteiger charge is -2.21. The maximum atomic E-state index is 12.7. The number of hydrogen-bond donors (Lipinski definition) is 0. The number of fused-ring (bicyclic) bond motifs is 1. The van der Waals surface area contributed by atoms with Gasteiger partial charge in [-0.1, -0.05) is 13.5 Å². The molecule has 1 aromatic carbocycles. The van der Waals surface area contributed by atoms with Crippen LogP contribution in [-0.4, -0.2) is 26.0 Å². The molecule has 0 fully saturated rings. The largest absolute Gasteiger partial charge is 0.493 e. The van der Waals surface area contributed by atoms with Crippen molar-refractivity contribution >= 4 is 22.7 Å². The first kappa shape index (κ1) is 19.2. The summed E-state index contributed by atoms with van der Waals surface area (Å²) in [7, 11) is 2.80. The van der Waals surface area contributed by atoms with Crippen LogP contribution >= 0.6 is 0 Å². The van der Waals surface area contributed by atoms with Gasteiger partial charge in [0, 0.05) is 17.9 Å². The average Bonchev–Trinajstić information content (AvgIpc) is 2.63. The summed E-state index contributed by atoms with van der Waals surface area (Å²) in [5.41, 5.74) is -0.252. The Labute approximate surface area is 150 Å². The minimum Gasteiger partial charge on any atom is -0.493 e. The van der Waals surface area contributed by atoms with E-state index < -0.39 is 23.5 Å². The minimum absolute atomic E-state index is 0.0636. The molecule has 26 heavy (non-hydrogen) atoms. The Morgan fingerprint density at radius 2 is 1.92 bits per heavy atom. The predicted molar refractivity (Wildman–Crippen MR) is 94.5 cm³/mol. The summed E-state index contributed by atoms with van der Waals surface area (Å²) in [4.78, 5) is 36.4. The van der Waals surface area contributed by atoms with Crippen LogP contribution in [0.15, 0.2) is 39.6 Å². The molecule has 0 aliphatic carbocycles. The van der Waals surface area contributed by atoms with E-state index in [4.69, 9.17) is 18.6 Å². The van der Waals surface area contributed by atoms with E-state index >= 15 is 0 Å². The van der Waals surface area contributed by atoms with Gasteiger partial charge in [0.1, 0.15) is 5.58 Å². The maximum absolute atomic E-state index is 12.7. The summed E-state index contributed by atoms with van der Waals surface area (Å²) in [5.74, 6) is -0.694. The van der Waals surface area contributed by atoms with Crippen molar-refractivity contribution in [1.82, 2.24) is 0 Å². The Morgan fingerprint density at radius 1 is 1.23 bits per heavy atom. The molecule has 0 bridgehead atoms. The van der Waals surface area contributed by atoms with Crippen molar-refractivity contribution in [3.63, 3.8) is 0 Å². The molecule has 0 aliphatic heterocycles. The van der Waals surface area contributed by atoms with E-state index in [1.165, 1.54) is 33.3 Å². The molecular formula is C19H20O7. The Balaban J connectivity index is 2.89. The first-order valence-electron chi connectivity index (χ1n) is 7.91. The lowest BCUT2D eigenvalue weighted by molar-refractivity contribution is -0.154. The normalized spacial score (nSPS) is 11.7. The van der Waals surface area contributed by atoms with Crippen molar-refractivity contribution in [3.8, 4) is 11.5 Å². The summed E-state index contributed by atoms with van der Waals surface area (Å²) in [5, 5.41) is 0.490. The van der Waals surface area contributed by atoms with E-state index in [1.807, 2.05) is 0 Å². The Morgan fingerprint density at radius 3 is 2.46 bits per heavy atom. The van der Waals surface area contributed by atoms with Crippen molar-refractivity contribution in [3.05, 3.63) is 46.3 Å². The standard InChI is InChI=1S/C19H20O7/c1-6-13(20)25-19(16(22)10(2)3)15-17-11(7-8-14(21)26-17)9-12(23-4)18(15)24-5/h7-9,19H,2,6H2,1,3-5H3/t19-/m1/s1. The SMILES string of the molecule is C=C(C)C(=O)[C@H](OC(=O)CC)c1c(OC)c(OC)cc2ccc(=O)oc12. The van der Waals surface area contributed by atoms with Gasteiger partial charge in [0.2, 0.25) is 5.78 Å². The summed E-state index contributed by atoms with van der Waals surface area (Å²) in [6, 6.07) is 4.37. The summed E-state index contributed by atoms with van der Waals surface area (Å²) in [6.45, 7) is 6.73. The Hall–Kier alpha value is -3.09. The number of carbonyl (C=O) groups excluding carboxylic acids is 2. The molecule has 0 saturated heterocycles. The van der Waals surface area contributed by atoms with Gasteiger partial charge in [0.25, 0.3) is 0 Å². The van der Waals surface area contributed by atoms with Crippen molar-refractivity contribution in [2.75, 3.05) is 14.2 Å². The first-order chi connectivity index (χ1) is 12.3. The van der Waals surface area contributed by atoms with Crippen molar-refractivity contribution in [2.45, 2.75) is 26.4 Å². The van der Waals surface area contributed by atoms with Crippen LogP contribution in [0.4, 0.5) is 0 Å². The lowest BCUT2D eigenvalue weighted by Crippen LogP contribution is -2.21. The molecule has 1 heterocycles. The van der Waals surface area contributed by atoms with Crippen molar-refractivity contribution in [2.24, 2.45) is 0 Å². The zero-order valence-electron chi connectivity index (χ0n) is 15.1. The third kappa shape index (κ3) is 3.61. The smallest absolute Gasteiger partial charge is 0.336 e. The number of esters is 1. The molecule has 0 spiro atoms. The fourth-order valence-electron chi connectivity index (χ4n) is 2.48. The second-order valence-corrected chi connectivity index (χ2v) is 5.57. The van der Waals surface area contributed by atoms with Crippen LogP contribution in [0.2, 0.25) is 0 Å². The zero-order chi connectivity index (χ0) is 19.4. The van der Waals surface area contributed by atoms with E-state index in [9.17, 15) is 14.4 Å². The highest BCUT2D eigenvalue weighted by Crippen LogP contribution is 2.42. The molecular weight excluding hydrogens is 340 g/mol. The quantitative estimate of drug-likeness (QED) is 0.426. The fourth-order valence-corrected chi connectivity index (χ4v) is 2.48. The molecule has 1 aromatic heterocycles. The summed E-state index contributed by atoms with van der Waals surface area (Å²) in [6.07, 6.45) is -1.31. The zero-order valence-corrected chi connectivity index (χ0v) is 15.1. The van der Waals surface area contributed by atoms with Gasteiger partial charge in [0.15, 0.2) is 17.6 Å². The molecule has 2 rings (SSSR count).